The van der Waals surface area contributed by atoms with Crippen molar-refractivity contribution in [3.05, 3.63) is 29.8 Å². The second-order valence-corrected chi connectivity index (χ2v) is 5.74. The molecule has 1 aromatic rings. The first-order valence-electron chi connectivity index (χ1n) is 8.41. The molecule has 128 valence electrons. The molecule has 0 bridgehead atoms. The van der Waals surface area contributed by atoms with Gasteiger partial charge >= 0.3 is 0 Å². The van der Waals surface area contributed by atoms with Crippen molar-refractivity contribution in [3.63, 3.8) is 0 Å². The number of nitrogens with one attached hydrogen (secondary N) is 2. The number of phenolic OH excluding ortho intramolecular Hbond substituents is 1. The van der Waals surface area contributed by atoms with E-state index in [0.29, 0.717) is 19.4 Å². The Bertz CT molecular complexity index is 486. The molecule has 0 unspecified atom stereocenters. The molecule has 0 fully saturated rings. The van der Waals surface area contributed by atoms with Gasteiger partial charge in [-0.05, 0) is 30.5 Å². The molecule has 0 saturated heterocycles. The summed E-state index contributed by atoms with van der Waals surface area (Å²) < 4.78 is 0. The summed E-state index contributed by atoms with van der Waals surface area (Å²) in [5.41, 5.74) is 0.897. The van der Waals surface area contributed by atoms with Crippen LogP contribution in [0.1, 0.15) is 51.5 Å². The van der Waals surface area contributed by atoms with E-state index in [1.165, 1.54) is 0 Å². The van der Waals surface area contributed by atoms with Crippen LogP contribution in [0.3, 0.4) is 0 Å². The van der Waals surface area contributed by atoms with E-state index in [9.17, 15) is 14.7 Å². The lowest BCUT2D eigenvalue weighted by Crippen LogP contribution is -2.48. The zero-order valence-corrected chi connectivity index (χ0v) is 14.1. The first kappa shape index (κ1) is 19.0. The summed E-state index contributed by atoms with van der Waals surface area (Å²) in [6.45, 7) is 4.67. The van der Waals surface area contributed by atoms with Crippen LogP contribution in [0.5, 0.6) is 5.75 Å². The molecule has 3 N–H and O–H groups in total. The van der Waals surface area contributed by atoms with E-state index in [1.807, 2.05) is 6.92 Å². The molecule has 0 spiro atoms. The van der Waals surface area contributed by atoms with Crippen molar-refractivity contribution in [2.24, 2.45) is 0 Å². The summed E-state index contributed by atoms with van der Waals surface area (Å²) >= 11 is 0. The van der Waals surface area contributed by atoms with Gasteiger partial charge in [-0.15, -0.1) is 0 Å². The maximum absolute atomic E-state index is 12.3. The Balaban J connectivity index is 2.65. The molecular formula is C18H28N2O3. The number of carbonyl (C=O) groups excluding carboxylic acids is 2. The highest BCUT2D eigenvalue weighted by Crippen LogP contribution is 2.11. The van der Waals surface area contributed by atoms with Gasteiger partial charge in [0.15, 0.2) is 0 Å². The van der Waals surface area contributed by atoms with Crippen molar-refractivity contribution in [1.82, 2.24) is 10.6 Å². The molecule has 0 aliphatic heterocycles. The number of carbonyl (C=O) groups is 2. The molecule has 0 aromatic heterocycles. The van der Waals surface area contributed by atoms with Crippen LogP contribution in [0, 0.1) is 0 Å². The maximum atomic E-state index is 12.3. The number of aromatic hydroxyl groups is 1. The second-order valence-electron chi connectivity index (χ2n) is 5.74. The van der Waals surface area contributed by atoms with Crippen LogP contribution in [0.2, 0.25) is 0 Å². The Morgan fingerprint density at radius 3 is 2.39 bits per heavy atom. The highest BCUT2D eigenvalue weighted by Gasteiger charge is 2.20. The van der Waals surface area contributed by atoms with Gasteiger partial charge in [-0.1, -0.05) is 38.8 Å². The summed E-state index contributed by atoms with van der Waals surface area (Å²) in [5.74, 6) is -0.0806. The van der Waals surface area contributed by atoms with Crippen LogP contribution >= 0.6 is 0 Å². The molecule has 5 nitrogen and oxygen atoms in total. The highest BCUT2D eigenvalue weighted by molar-refractivity contribution is 5.87. The lowest BCUT2D eigenvalue weighted by Gasteiger charge is -2.18. The van der Waals surface area contributed by atoms with E-state index in [1.54, 1.807) is 24.3 Å². The Kier molecular flexibility index (Phi) is 8.80. The smallest absolute Gasteiger partial charge is 0.242 e. The lowest BCUT2D eigenvalue weighted by atomic mass is 10.0. The van der Waals surface area contributed by atoms with Crippen LogP contribution in [0.25, 0.3) is 0 Å². The second kappa shape index (κ2) is 10.6. The molecule has 0 heterocycles. The van der Waals surface area contributed by atoms with E-state index < -0.39 is 6.04 Å². The van der Waals surface area contributed by atoms with Gasteiger partial charge in [-0.3, -0.25) is 9.59 Å². The van der Waals surface area contributed by atoms with Gasteiger partial charge in [0.25, 0.3) is 0 Å². The maximum Gasteiger partial charge on any atom is 0.242 e. The quantitative estimate of drug-likeness (QED) is 0.580. The fraction of sp³-hybridized carbons (Fsp3) is 0.556. The first-order chi connectivity index (χ1) is 11.1. The van der Waals surface area contributed by atoms with Gasteiger partial charge < -0.3 is 15.7 Å². The van der Waals surface area contributed by atoms with Gasteiger partial charge in [-0.25, -0.2) is 0 Å². The topological polar surface area (TPSA) is 78.4 Å². The van der Waals surface area contributed by atoms with Crippen LogP contribution < -0.4 is 10.6 Å². The van der Waals surface area contributed by atoms with Crippen LogP contribution in [-0.4, -0.2) is 29.5 Å². The Labute approximate surface area is 138 Å². The largest absolute Gasteiger partial charge is 0.508 e. The molecular weight excluding hydrogens is 292 g/mol. The number of amides is 2. The van der Waals surface area contributed by atoms with Gasteiger partial charge in [0.1, 0.15) is 11.8 Å². The fourth-order valence-corrected chi connectivity index (χ4v) is 2.28. The molecule has 1 rings (SSSR count). The summed E-state index contributed by atoms with van der Waals surface area (Å²) in [4.78, 5) is 24.2. The summed E-state index contributed by atoms with van der Waals surface area (Å²) in [7, 11) is 0. The minimum Gasteiger partial charge on any atom is -0.508 e. The van der Waals surface area contributed by atoms with E-state index in [0.717, 1.165) is 31.2 Å². The Morgan fingerprint density at radius 1 is 1.09 bits per heavy atom. The predicted molar refractivity (Wildman–Crippen MR) is 91.2 cm³/mol. The Morgan fingerprint density at radius 2 is 1.78 bits per heavy atom. The third-order valence-corrected chi connectivity index (χ3v) is 3.58. The van der Waals surface area contributed by atoms with Crippen molar-refractivity contribution < 1.29 is 14.7 Å². The predicted octanol–water partition coefficient (Wildman–Crippen LogP) is 2.53. The molecule has 23 heavy (non-hydrogen) atoms. The van der Waals surface area contributed by atoms with Crippen molar-refractivity contribution in [1.29, 1.82) is 0 Å². The minimum atomic E-state index is -0.583. The monoisotopic (exact) mass is 320 g/mol. The molecule has 5 heteroatoms. The molecule has 1 atom stereocenters. The van der Waals surface area contributed by atoms with Gasteiger partial charge in [0.2, 0.25) is 11.8 Å². The highest BCUT2D eigenvalue weighted by atomic mass is 16.3. The number of phenols is 1. The average molecular weight is 320 g/mol. The van der Waals surface area contributed by atoms with E-state index in [-0.39, 0.29) is 17.6 Å². The Hall–Kier alpha value is -2.04. The number of unbranched alkanes of at least 4 members (excludes halogenated alkanes) is 2. The van der Waals surface area contributed by atoms with Crippen LogP contribution in [0.4, 0.5) is 0 Å². The van der Waals surface area contributed by atoms with Gasteiger partial charge in [0, 0.05) is 19.4 Å². The van der Waals surface area contributed by atoms with Gasteiger partial charge in [0.05, 0.1) is 0 Å². The third kappa shape index (κ3) is 7.68. The molecule has 0 aliphatic rings. The SMILES string of the molecule is CCCCCNC(=O)[C@H](Cc1ccc(O)cc1)NC(=O)CCC. The van der Waals surface area contributed by atoms with E-state index in [4.69, 9.17) is 0 Å². The molecule has 0 aliphatic carbocycles. The average Bonchev–Trinajstić information content (AvgIpc) is 2.53. The zero-order chi connectivity index (χ0) is 17.1. The van der Waals surface area contributed by atoms with Crippen molar-refractivity contribution in [3.8, 4) is 5.75 Å². The molecule has 0 radical (unpaired) electrons. The van der Waals surface area contributed by atoms with Gasteiger partial charge in [-0.2, -0.15) is 0 Å². The van der Waals surface area contributed by atoms with Crippen molar-refractivity contribution in [2.45, 2.75) is 58.4 Å². The fourth-order valence-electron chi connectivity index (χ4n) is 2.28. The number of rotatable bonds is 10. The standard InChI is InChI=1S/C18H28N2O3/c1-3-5-6-12-19-18(23)16(20-17(22)7-4-2)13-14-8-10-15(21)11-9-14/h8-11,16,21H,3-7,12-13H2,1-2H3,(H,19,23)(H,20,22)/t16-/m0/s1. The molecule has 2 amide bonds. The lowest BCUT2D eigenvalue weighted by molar-refractivity contribution is -0.129. The third-order valence-electron chi connectivity index (χ3n) is 3.58. The normalized spacial score (nSPS) is 11.7. The number of hydrogen-bond donors (Lipinski definition) is 3. The minimum absolute atomic E-state index is 0.111. The van der Waals surface area contributed by atoms with Crippen molar-refractivity contribution in [2.75, 3.05) is 6.54 Å². The summed E-state index contributed by atoms with van der Waals surface area (Å²) in [6, 6.07) is 6.11. The van der Waals surface area contributed by atoms with Crippen molar-refractivity contribution >= 4 is 11.8 Å². The number of benzene rings is 1. The van der Waals surface area contributed by atoms with Crippen LogP contribution in [0.15, 0.2) is 24.3 Å². The van der Waals surface area contributed by atoms with E-state index in [2.05, 4.69) is 17.6 Å². The summed E-state index contributed by atoms with van der Waals surface area (Å²) in [5, 5.41) is 15.0. The number of hydrogen-bond acceptors (Lipinski definition) is 3. The van der Waals surface area contributed by atoms with Crippen LogP contribution in [-0.2, 0) is 16.0 Å². The summed E-state index contributed by atoms with van der Waals surface area (Å²) in [6.07, 6.45) is 4.68. The molecule has 0 saturated carbocycles. The zero-order valence-electron chi connectivity index (χ0n) is 14.1. The first-order valence-corrected chi connectivity index (χ1v) is 8.41. The molecule has 1 aromatic carbocycles. The van der Waals surface area contributed by atoms with E-state index >= 15 is 0 Å².